The van der Waals surface area contributed by atoms with Crippen LogP contribution in [0.25, 0.3) is 28.0 Å². The van der Waals surface area contributed by atoms with E-state index in [0.29, 0.717) is 11.4 Å². The molecule has 1 aromatic carbocycles. The molecule has 0 saturated carbocycles. The molecule has 4 rings (SSSR count). The van der Waals surface area contributed by atoms with Crippen molar-refractivity contribution in [2.24, 2.45) is 0 Å². The first-order chi connectivity index (χ1) is 14.3. The van der Waals surface area contributed by atoms with Crippen molar-refractivity contribution in [1.82, 2.24) is 19.8 Å². The van der Waals surface area contributed by atoms with Gasteiger partial charge in [-0.3, -0.25) is 10.1 Å². The summed E-state index contributed by atoms with van der Waals surface area (Å²) < 4.78 is 7.01. The quantitative estimate of drug-likeness (QED) is 0.536. The molecule has 30 heavy (non-hydrogen) atoms. The van der Waals surface area contributed by atoms with Crippen LogP contribution in [0, 0.1) is 0 Å². The van der Waals surface area contributed by atoms with Gasteiger partial charge in [0.15, 0.2) is 0 Å². The van der Waals surface area contributed by atoms with Crippen molar-refractivity contribution in [2.75, 3.05) is 5.32 Å². The molecule has 0 atom stereocenters. The Balaban J connectivity index is 1.83. The lowest BCUT2D eigenvalue weighted by Gasteiger charge is -2.19. The first kappa shape index (κ1) is 19.4. The Hall–Kier alpha value is -3.94. The first-order valence-electron chi connectivity index (χ1n) is 9.45. The van der Waals surface area contributed by atoms with Gasteiger partial charge in [-0.05, 0) is 39.0 Å². The summed E-state index contributed by atoms with van der Waals surface area (Å²) in [4.78, 5) is 24.4. The molecule has 8 nitrogen and oxygen atoms in total. The zero-order valence-corrected chi connectivity index (χ0v) is 16.8. The monoisotopic (exact) mass is 403 g/mol. The van der Waals surface area contributed by atoms with Crippen LogP contribution >= 0.6 is 0 Å². The summed E-state index contributed by atoms with van der Waals surface area (Å²) in [7, 11) is 0. The van der Waals surface area contributed by atoms with Crippen LogP contribution < -0.4 is 10.9 Å². The lowest BCUT2D eigenvalue weighted by atomic mass is 10.0. The number of fused-ring (bicyclic) bond motifs is 1. The van der Waals surface area contributed by atoms with Gasteiger partial charge < -0.3 is 4.74 Å². The third kappa shape index (κ3) is 3.93. The summed E-state index contributed by atoms with van der Waals surface area (Å²) in [5.74, 6) is 0. The zero-order valence-electron chi connectivity index (χ0n) is 16.8. The summed E-state index contributed by atoms with van der Waals surface area (Å²) in [6.07, 6.45) is 1.13. The highest BCUT2D eigenvalue weighted by Crippen LogP contribution is 2.34. The molecule has 0 aliphatic heterocycles. The van der Waals surface area contributed by atoms with E-state index in [2.05, 4.69) is 15.5 Å². The highest BCUT2D eigenvalue weighted by atomic mass is 16.6. The van der Waals surface area contributed by atoms with E-state index in [9.17, 15) is 9.59 Å². The van der Waals surface area contributed by atoms with Crippen molar-refractivity contribution in [3.8, 4) is 22.5 Å². The molecule has 152 valence electrons. The second-order valence-electron chi connectivity index (χ2n) is 7.74. The number of aromatic nitrogens is 4. The second kappa shape index (κ2) is 7.47. The standard InChI is InChI=1S/C22H21N5O3/c1-22(2,3)30-21(29)23-16-13-15(24-25-20(16)28)18-17-11-7-8-12-27(17)26-19(18)14-9-5-4-6-10-14/h4-13H,1-3H3,(H,25,28)(H,23,24,29). The number of anilines is 1. The van der Waals surface area contributed by atoms with Crippen molar-refractivity contribution in [1.29, 1.82) is 0 Å². The Morgan fingerprint density at radius 3 is 2.57 bits per heavy atom. The van der Waals surface area contributed by atoms with Crippen LogP contribution in [0.15, 0.2) is 65.6 Å². The lowest BCUT2D eigenvalue weighted by Crippen LogP contribution is -2.29. The molecule has 0 aliphatic carbocycles. The highest BCUT2D eigenvalue weighted by molar-refractivity contribution is 5.92. The molecule has 3 heterocycles. The fraction of sp³-hybridized carbons (Fsp3) is 0.182. The Kier molecular flexibility index (Phi) is 4.83. The third-order valence-corrected chi connectivity index (χ3v) is 4.28. The number of carbonyl (C=O) groups is 1. The molecule has 0 fully saturated rings. The van der Waals surface area contributed by atoms with Gasteiger partial charge >= 0.3 is 6.09 Å². The highest BCUT2D eigenvalue weighted by Gasteiger charge is 2.21. The number of nitrogens with zero attached hydrogens (tertiary/aromatic N) is 3. The topological polar surface area (TPSA) is 101 Å². The van der Waals surface area contributed by atoms with Crippen LogP contribution in [0.1, 0.15) is 20.8 Å². The van der Waals surface area contributed by atoms with Gasteiger partial charge in [0, 0.05) is 11.8 Å². The van der Waals surface area contributed by atoms with Crippen LogP contribution in [-0.2, 0) is 4.74 Å². The molecule has 0 saturated heterocycles. The molecule has 4 aromatic rings. The number of carbonyl (C=O) groups excluding carboxylic acids is 1. The third-order valence-electron chi connectivity index (χ3n) is 4.28. The summed E-state index contributed by atoms with van der Waals surface area (Å²) in [5, 5.41) is 13.9. The van der Waals surface area contributed by atoms with Crippen LogP contribution in [0.5, 0.6) is 0 Å². The number of H-pyrrole nitrogens is 1. The van der Waals surface area contributed by atoms with E-state index in [1.807, 2.05) is 54.7 Å². The van der Waals surface area contributed by atoms with E-state index in [4.69, 9.17) is 9.84 Å². The first-order valence-corrected chi connectivity index (χ1v) is 9.45. The molecule has 0 aliphatic rings. The number of hydrogen-bond donors (Lipinski definition) is 2. The van der Waals surface area contributed by atoms with Gasteiger partial charge in [-0.25, -0.2) is 14.4 Å². The van der Waals surface area contributed by atoms with Gasteiger partial charge in [-0.2, -0.15) is 10.2 Å². The average molecular weight is 403 g/mol. The van der Waals surface area contributed by atoms with E-state index in [0.717, 1.165) is 16.6 Å². The summed E-state index contributed by atoms with van der Waals surface area (Å²) >= 11 is 0. The SMILES string of the molecule is CC(C)(C)OC(=O)Nc1cc(-c2c(-c3ccccc3)nn3ccccc23)n[nH]c1=O. The molecule has 2 N–H and O–H groups in total. The minimum Gasteiger partial charge on any atom is -0.444 e. The summed E-state index contributed by atoms with van der Waals surface area (Å²) in [6.45, 7) is 5.25. The molecule has 0 spiro atoms. The molecular weight excluding hydrogens is 382 g/mol. The van der Waals surface area contributed by atoms with E-state index in [1.165, 1.54) is 6.07 Å². The summed E-state index contributed by atoms with van der Waals surface area (Å²) in [5.41, 5.74) is 2.49. The maximum atomic E-state index is 12.3. The van der Waals surface area contributed by atoms with E-state index < -0.39 is 17.3 Å². The normalized spacial score (nSPS) is 11.4. The maximum absolute atomic E-state index is 12.3. The Labute approximate surface area is 172 Å². The number of hydrogen-bond acceptors (Lipinski definition) is 5. The van der Waals surface area contributed by atoms with Gasteiger partial charge in [-0.15, -0.1) is 0 Å². The Bertz CT molecular complexity index is 1270. The number of ether oxygens (including phenoxy) is 1. The molecule has 0 radical (unpaired) electrons. The zero-order chi connectivity index (χ0) is 21.3. The maximum Gasteiger partial charge on any atom is 0.412 e. The molecular formula is C22H21N5O3. The summed E-state index contributed by atoms with van der Waals surface area (Å²) in [6, 6.07) is 16.9. The van der Waals surface area contributed by atoms with E-state index in [-0.39, 0.29) is 5.69 Å². The van der Waals surface area contributed by atoms with Gasteiger partial charge in [0.25, 0.3) is 5.56 Å². The Morgan fingerprint density at radius 1 is 1.10 bits per heavy atom. The fourth-order valence-corrected chi connectivity index (χ4v) is 3.09. The minimum absolute atomic E-state index is 0.0449. The van der Waals surface area contributed by atoms with E-state index >= 15 is 0 Å². The van der Waals surface area contributed by atoms with Gasteiger partial charge in [0.05, 0.1) is 16.8 Å². The van der Waals surface area contributed by atoms with Crippen LogP contribution in [-0.4, -0.2) is 31.5 Å². The number of rotatable bonds is 3. The van der Waals surface area contributed by atoms with Crippen LogP contribution in [0.4, 0.5) is 10.5 Å². The van der Waals surface area contributed by atoms with Crippen molar-refractivity contribution in [2.45, 2.75) is 26.4 Å². The molecule has 0 unspecified atom stereocenters. The van der Waals surface area contributed by atoms with Crippen molar-refractivity contribution in [3.05, 3.63) is 71.1 Å². The average Bonchev–Trinajstić information content (AvgIpc) is 3.08. The smallest absolute Gasteiger partial charge is 0.412 e. The number of nitrogens with one attached hydrogen (secondary N) is 2. The van der Waals surface area contributed by atoms with Crippen molar-refractivity contribution < 1.29 is 9.53 Å². The molecule has 1 amide bonds. The van der Waals surface area contributed by atoms with Gasteiger partial charge in [0.2, 0.25) is 0 Å². The lowest BCUT2D eigenvalue weighted by molar-refractivity contribution is 0.0635. The number of pyridine rings is 1. The predicted molar refractivity (Wildman–Crippen MR) is 114 cm³/mol. The van der Waals surface area contributed by atoms with Crippen LogP contribution in [0.2, 0.25) is 0 Å². The second-order valence-corrected chi connectivity index (χ2v) is 7.74. The van der Waals surface area contributed by atoms with Crippen LogP contribution in [0.3, 0.4) is 0 Å². The van der Waals surface area contributed by atoms with Gasteiger partial charge in [-0.1, -0.05) is 36.4 Å². The molecule has 8 heteroatoms. The number of amides is 1. The Morgan fingerprint density at radius 2 is 1.83 bits per heavy atom. The minimum atomic E-state index is -0.715. The number of benzene rings is 1. The fourth-order valence-electron chi connectivity index (χ4n) is 3.09. The van der Waals surface area contributed by atoms with Crippen molar-refractivity contribution >= 4 is 17.3 Å². The van der Waals surface area contributed by atoms with Crippen molar-refractivity contribution in [3.63, 3.8) is 0 Å². The van der Waals surface area contributed by atoms with E-state index in [1.54, 1.807) is 25.3 Å². The largest absolute Gasteiger partial charge is 0.444 e. The number of aromatic amines is 1. The predicted octanol–water partition coefficient (Wildman–Crippen LogP) is 4.10. The molecule has 0 bridgehead atoms. The molecule has 3 aromatic heterocycles. The van der Waals surface area contributed by atoms with Gasteiger partial charge in [0.1, 0.15) is 17.0 Å².